The fourth-order valence-electron chi connectivity index (χ4n) is 6.19. The zero-order valence-electron chi connectivity index (χ0n) is 23.1. The van der Waals surface area contributed by atoms with E-state index in [1.54, 1.807) is 0 Å². The summed E-state index contributed by atoms with van der Waals surface area (Å²) in [6, 6.07) is 30.0. The number of rotatable bonds is 3. The van der Waals surface area contributed by atoms with Gasteiger partial charge < -0.3 is 4.90 Å². The average molecular weight is 530 g/mol. The van der Waals surface area contributed by atoms with Gasteiger partial charge in [-0.3, -0.25) is 19.9 Å². The summed E-state index contributed by atoms with van der Waals surface area (Å²) in [4.78, 5) is 21.0. The van der Waals surface area contributed by atoms with Crippen molar-refractivity contribution in [3.8, 4) is 0 Å². The fourth-order valence-corrected chi connectivity index (χ4v) is 6.19. The van der Waals surface area contributed by atoms with Crippen molar-refractivity contribution in [1.29, 1.82) is 0 Å². The molecule has 4 heterocycles. The van der Waals surface area contributed by atoms with Crippen molar-refractivity contribution in [2.45, 2.75) is 26.2 Å². The maximum absolute atomic E-state index is 4.78. The number of pyridine rings is 4. The molecule has 0 saturated carbocycles. The third-order valence-corrected chi connectivity index (χ3v) is 8.08. The molecule has 4 aromatic carbocycles. The van der Waals surface area contributed by atoms with E-state index >= 15 is 0 Å². The minimum atomic E-state index is 0.0324. The summed E-state index contributed by atoms with van der Waals surface area (Å²) in [6.07, 6.45) is 7.45. The SMILES string of the molecule is CC(C)(C)c1ccc2ccc3c(N(c4cnc5cccnc5c4)c4cnc5cccnc5c4)ccc4ccc1c2c43. The van der Waals surface area contributed by atoms with Gasteiger partial charge in [0.05, 0.1) is 51.5 Å². The van der Waals surface area contributed by atoms with Crippen molar-refractivity contribution in [3.63, 3.8) is 0 Å². The number of hydrogen-bond donors (Lipinski definition) is 0. The molecule has 0 bridgehead atoms. The molecule has 5 heteroatoms. The van der Waals surface area contributed by atoms with Gasteiger partial charge in [0.2, 0.25) is 0 Å². The lowest BCUT2D eigenvalue weighted by atomic mass is 9.81. The largest absolute Gasteiger partial charge is 0.307 e. The first-order valence-electron chi connectivity index (χ1n) is 13.9. The Morgan fingerprint density at radius 2 is 1.07 bits per heavy atom. The predicted octanol–water partition coefficient (Wildman–Crippen LogP) is 9.24. The number of anilines is 3. The molecule has 0 fully saturated rings. The van der Waals surface area contributed by atoms with Crippen LogP contribution in [0.25, 0.3) is 54.4 Å². The molecular weight excluding hydrogens is 502 g/mol. The third-order valence-electron chi connectivity index (χ3n) is 8.08. The topological polar surface area (TPSA) is 54.8 Å². The van der Waals surface area contributed by atoms with Gasteiger partial charge in [-0.2, -0.15) is 0 Å². The molecule has 8 rings (SSSR count). The molecule has 0 amide bonds. The molecule has 196 valence electrons. The Bertz CT molecular complexity index is 2190. The van der Waals surface area contributed by atoms with Crippen LogP contribution >= 0.6 is 0 Å². The number of nitrogens with zero attached hydrogens (tertiary/aromatic N) is 5. The van der Waals surface area contributed by atoms with Crippen LogP contribution in [0.2, 0.25) is 0 Å². The van der Waals surface area contributed by atoms with Gasteiger partial charge in [-0.05, 0) is 80.4 Å². The van der Waals surface area contributed by atoms with E-state index in [1.165, 1.54) is 37.9 Å². The normalized spacial score (nSPS) is 12.3. The minimum Gasteiger partial charge on any atom is -0.307 e. The molecule has 0 spiro atoms. The van der Waals surface area contributed by atoms with Crippen LogP contribution in [0, 0.1) is 0 Å². The monoisotopic (exact) mass is 529 g/mol. The molecule has 0 aliphatic heterocycles. The van der Waals surface area contributed by atoms with Crippen LogP contribution in [-0.2, 0) is 5.41 Å². The molecular formula is C36H27N5. The second-order valence-electron chi connectivity index (χ2n) is 11.7. The van der Waals surface area contributed by atoms with E-state index in [2.05, 4.69) is 96.3 Å². The Kier molecular flexibility index (Phi) is 5.01. The molecule has 0 unspecified atom stereocenters. The second-order valence-corrected chi connectivity index (χ2v) is 11.7. The molecule has 0 N–H and O–H groups in total. The van der Waals surface area contributed by atoms with E-state index in [-0.39, 0.29) is 5.41 Å². The van der Waals surface area contributed by atoms with E-state index in [1.807, 2.05) is 49.1 Å². The van der Waals surface area contributed by atoms with Crippen LogP contribution in [0.4, 0.5) is 17.1 Å². The van der Waals surface area contributed by atoms with Gasteiger partial charge in [-0.15, -0.1) is 0 Å². The number of fused-ring (bicyclic) bond motifs is 2. The molecule has 0 saturated heterocycles. The van der Waals surface area contributed by atoms with Gasteiger partial charge >= 0.3 is 0 Å². The first-order chi connectivity index (χ1) is 20.0. The van der Waals surface area contributed by atoms with Crippen molar-refractivity contribution in [2.24, 2.45) is 0 Å². The van der Waals surface area contributed by atoms with Gasteiger partial charge in [0.15, 0.2) is 0 Å². The van der Waals surface area contributed by atoms with E-state index in [0.29, 0.717) is 0 Å². The van der Waals surface area contributed by atoms with Crippen LogP contribution in [0.15, 0.2) is 110 Å². The number of hydrogen-bond acceptors (Lipinski definition) is 5. The van der Waals surface area contributed by atoms with Gasteiger partial charge in [-0.25, -0.2) is 0 Å². The van der Waals surface area contributed by atoms with E-state index in [9.17, 15) is 0 Å². The van der Waals surface area contributed by atoms with E-state index in [0.717, 1.165) is 39.1 Å². The second kappa shape index (κ2) is 8.67. The Balaban J connectivity index is 1.46. The van der Waals surface area contributed by atoms with Gasteiger partial charge in [0.25, 0.3) is 0 Å². The number of aromatic nitrogens is 4. The molecule has 0 radical (unpaired) electrons. The predicted molar refractivity (Wildman–Crippen MR) is 170 cm³/mol. The van der Waals surface area contributed by atoms with Crippen molar-refractivity contribution < 1.29 is 0 Å². The van der Waals surface area contributed by atoms with Gasteiger partial charge in [0, 0.05) is 17.8 Å². The molecule has 0 aliphatic carbocycles. The fraction of sp³-hybridized carbons (Fsp3) is 0.111. The highest BCUT2D eigenvalue weighted by atomic mass is 15.2. The average Bonchev–Trinajstić information content (AvgIpc) is 2.99. The summed E-state index contributed by atoms with van der Waals surface area (Å²) in [5.41, 5.74) is 7.68. The van der Waals surface area contributed by atoms with E-state index in [4.69, 9.17) is 9.97 Å². The summed E-state index contributed by atoms with van der Waals surface area (Å²) < 4.78 is 0. The smallest absolute Gasteiger partial charge is 0.0907 e. The summed E-state index contributed by atoms with van der Waals surface area (Å²) >= 11 is 0. The Labute approximate surface area is 237 Å². The zero-order chi connectivity index (χ0) is 27.7. The first-order valence-corrected chi connectivity index (χ1v) is 13.9. The minimum absolute atomic E-state index is 0.0324. The third kappa shape index (κ3) is 3.70. The molecule has 5 nitrogen and oxygen atoms in total. The molecule has 0 aliphatic rings. The summed E-state index contributed by atoms with van der Waals surface area (Å²) in [5, 5.41) is 7.55. The van der Waals surface area contributed by atoms with Crippen LogP contribution in [0.3, 0.4) is 0 Å². The summed E-state index contributed by atoms with van der Waals surface area (Å²) in [6.45, 7) is 6.86. The van der Waals surface area contributed by atoms with Crippen molar-refractivity contribution in [1.82, 2.24) is 19.9 Å². The van der Waals surface area contributed by atoms with Crippen molar-refractivity contribution in [3.05, 3.63) is 115 Å². The quantitative estimate of drug-likeness (QED) is 0.214. The standard InChI is InChI=1S/C36H27N5/c1-36(2,3)28-14-10-22-9-13-27-33(15-11-23-8-12-26(28)34(22)35(23)27)41(24-18-31-29(39-20-24)6-4-16-37-31)25-19-32-30(40-21-25)7-5-17-38-32/h4-21H,1-3H3. The molecule has 41 heavy (non-hydrogen) atoms. The Morgan fingerprint density at radius 1 is 0.537 bits per heavy atom. The van der Waals surface area contributed by atoms with Crippen molar-refractivity contribution in [2.75, 3.05) is 4.90 Å². The maximum Gasteiger partial charge on any atom is 0.0907 e. The lowest BCUT2D eigenvalue weighted by Crippen LogP contribution is -2.12. The molecule has 0 atom stereocenters. The molecule has 4 aromatic heterocycles. The highest BCUT2D eigenvalue weighted by Crippen LogP contribution is 2.45. The van der Waals surface area contributed by atoms with Crippen molar-refractivity contribution >= 4 is 71.4 Å². The highest BCUT2D eigenvalue weighted by Gasteiger charge is 2.22. The highest BCUT2D eigenvalue weighted by molar-refractivity contribution is 6.26. The summed E-state index contributed by atoms with van der Waals surface area (Å²) in [5.74, 6) is 0. The van der Waals surface area contributed by atoms with Crippen LogP contribution < -0.4 is 4.90 Å². The van der Waals surface area contributed by atoms with Crippen LogP contribution in [0.5, 0.6) is 0 Å². The molecule has 8 aromatic rings. The van der Waals surface area contributed by atoms with Crippen LogP contribution in [-0.4, -0.2) is 19.9 Å². The lowest BCUT2D eigenvalue weighted by molar-refractivity contribution is 0.596. The van der Waals surface area contributed by atoms with E-state index < -0.39 is 0 Å². The van der Waals surface area contributed by atoms with Gasteiger partial charge in [0.1, 0.15) is 0 Å². The van der Waals surface area contributed by atoms with Gasteiger partial charge in [-0.1, -0.05) is 63.2 Å². The maximum atomic E-state index is 4.78. The van der Waals surface area contributed by atoms with Crippen LogP contribution in [0.1, 0.15) is 26.3 Å². The summed E-state index contributed by atoms with van der Waals surface area (Å²) in [7, 11) is 0. The first kappa shape index (κ1) is 23.7. The lowest BCUT2D eigenvalue weighted by Gasteiger charge is -2.28. The Hall–Kier alpha value is -5.16. The zero-order valence-corrected chi connectivity index (χ0v) is 23.1. The Morgan fingerprint density at radius 3 is 1.68 bits per heavy atom. The number of benzene rings is 4.